The van der Waals surface area contributed by atoms with Crippen molar-refractivity contribution in [2.45, 2.75) is 51.6 Å². The molecule has 0 heterocycles. The molecule has 0 amide bonds. The highest BCUT2D eigenvalue weighted by molar-refractivity contribution is 5.78. The predicted octanol–water partition coefficient (Wildman–Crippen LogP) is 3.37. The fourth-order valence-corrected chi connectivity index (χ4v) is 2.23. The van der Waals surface area contributed by atoms with E-state index in [1.54, 1.807) is 6.92 Å². The van der Waals surface area contributed by atoms with Crippen molar-refractivity contribution in [1.82, 2.24) is 5.32 Å². The van der Waals surface area contributed by atoms with Crippen LogP contribution in [0.3, 0.4) is 0 Å². The van der Waals surface area contributed by atoms with Crippen molar-refractivity contribution in [2.24, 2.45) is 0 Å². The molecule has 0 aliphatic heterocycles. The molecule has 0 saturated carbocycles. The molecule has 0 spiro atoms. The zero-order valence-electron chi connectivity index (χ0n) is 11.4. The summed E-state index contributed by atoms with van der Waals surface area (Å²) in [6, 6.07) is 10.1. The summed E-state index contributed by atoms with van der Waals surface area (Å²) < 4.78 is 0. The summed E-state index contributed by atoms with van der Waals surface area (Å²) in [5.41, 5.74) is 0.286. The summed E-state index contributed by atoms with van der Waals surface area (Å²) in [5.74, 6) is -0.779. The van der Waals surface area contributed by atoms with Gasteiger partial charge in [-0.2, -0.15) is 0 Å². The minimum Gasteiger partial charge on any atom is -0.480 e. The van der Waals surface area contributed by atoms with E-state index in [-0.39, 0.29) is 6.04 Å². The molecule has 3 nitrogen and oxygen atoms in total. The van der Waals surface area contributed by atoms with Crippen molar-refractivity contribution in [1.29, 1.82) is 0 Å². The summed E-state index contributed by atoms with van der Waals surface area (Å²) in [6.07, 6.45) is 2.35. The van der Waals surface area contributed by atoms with Crippen molar-refractivity contribution < 1.29 is 9.90 Å². The van der Waals surface area contributed by atoms with E-state index in [1.807, 2.05) is 37.3 Å². The Morgan fingerprint density at radius 3 is 2.39 bits per heavy atom. The van der Waals surface area contributed by atoms with Crippen molar-refractivity contribution in [3.63, 3.8) is 0 Å². The Labute approximate surface area is 109 Å². The summed E-state index contributed by atoms with van der Waals surface area (Å²) in [5, 5.41) is 12.7. The number of hydrogen-bond acceptors (Lipinski definition) is 2. The number of carboxylic acids is 1. The van der Waals surface area contributed by atoms with Gasteiger partial charge in [-0.15, -0.1) is 0 Å². The predicted molar refractivity (Wildman–Crippen MR) is 73.6 cm³/mol. The van der Waals surface area contributed by atoms with Crippen LogP contribution in [0.5, 0.6) is 0 Å². The monoisotopic (exact) mass is 249 g/mol. The molecule has 1 rings (SSSR count). The SMILES string of the molecule is CCCC(C)(NC(CC)c1ccccc1)C(=O)O. The van der Waals surface area contributed by atoms with Crippen molar-refractivity contribution >= 4 is 5.97 Å². The van der Waals surface area contributed by atoms with Gasteiger partial charge in [-0.3, -0.25) is 10.1 Å². The number of benzene rings is 1. The zero-order chi connectivity index (χ0) is 13.6. The quantitative estimate of drug-likeness (QED) is 0.779. The van der Waals surface area contributed by atoms with Crippen LogP contribution in [0.1, 0.15) is 51.6 Å². The molecule has 0 fully saturated rings. The van der Waals surface area contributed by atoms with E-state index < -0.39 is 11.5 Å². The maximum atomic E-state index is 11.4. The molecule has 18 heavy (non-hydrogen) atoms. The van der Waals surface area contributed by atoms with E-state index in [2.05, 4.69) is 12.2 Å². The molecule has 100 valence electrons. The van der Waals surface area contributed by atoms with Crippen LogP contribution in [0.4, 0.5) is 0 Å². The van der Waals surface area contributed by atoms with Gasteiger partial charge in [-0.1, -0.05) is 50.6 Å². The molecule has 0 aliphatic rings. The van der Waals surface area contributed by atoms with Crippen LogP contribution in [0.2, 0.25) is 0 Å². The number of carbonyl (C=O) groups is 1. The lowest BCUT2D eigenvalue weighted by Gasteiger charge is -2.31. The van der Waals surface area contributed by atoms with Gasteiger partial charge >= 0.3 is 5.97 Å². The highest BCUT2D eigenvalue weighted by atomic mass is 16.4. The molecule has 0 bridgehead atoms. The molecule has 2 atom stereocenters. The molecule has 1 aromatic rings. The lowest BCUT2D eigenvalue weighted by atomic mass is 9.92. The first-order valence-electron chi connectivity index (χ1n) is 6.59. The Morgan fingerprint density at radius 2 is 1.94 bits per heavy atom. The first-order chi connectivity index (χ1) is 8.53. The lowest BCUT2D eigenvalue weighted by Crippen LogP contribution is -2.50. The van der Waals surface area contributed by atoms with E-state index in [0.717, 1.165) is 18.4 Å². The van der Waals surface area contributed by atoms with Gasteiger partial charge < -0.3 is 5.11 Å². The molecule has 3 heteroatoms. The van der Waals surface area contributed by atoms with Crippen LogP contribution in [0.25, 0.3) is 0 Å². The second-order valence-electron chi connectivity index (χ2n) is 4.90. The smallest absolute Gasteiger partial charge is 0.323 e. The molecule has 0 radical (unpaired) electrons. The maximum absolute atomic E-state index is 11.4. The van der Waals surface area contributed by atoms with Crippen LogP contribution < -0.4 is 5.32 Å². The van der Waals surface area contributed by atoms with E-state index >= 15 is 0 Å². The van der Waals surface area contributed by atoms with Crippen LogP contribution >= 0.6 is 0 Å². The Kier molecular flexibility index (Phi) is 5.35. The standard InChI is InChI=1S/C15H23NO2/c1-4-11-15(3,14(17)18)16-13(5-2)12-9-7-6-8-10-12/h6-10,13,16H,4-5,11H2,1-3H3,(H,17,18). The van der Waals surface area contributed by atoms with Gasteiger partial charge in [-0.05, 0) is 25.3 Å². The van der Waals surface area contributed by atoms with E-state index in [9.17, 15) is 9.90 Å². The number of aliphatic carboxylic acids is 1. The molecular weight excluding hydrogens is 226 g/mol. The Balaban J connectivity index is 2.87. The number of nitrogens with one attached hydrogen (secondary N) is 1. The van der Waals surface area contributed by atoms with Crippen LogP contribution in [0.15, 0.2) is 30.3 Å². The second kappa shape index (κ2) is 6.55. The topological polar surface area (TPSA) is 49.3 Å². The first-order valence-corrected chi connectivity index (χ1v) is 6.59. The fourth-order valence-electron chi connectivity index (χ4n) is 2.23. The Hall–Kier alpha value is -1.35. The van der Waals surface area contributed by atoms with Crippen LogP contribution in [-0.2, 0) is 4.79 Å². The third-order valence-electron chi connectivity index (χ3n) is 3.33. The molecule has 1 aromatic carbocycles. The van der Waals surface area contributed by atoms with Gasteiger partial charge in [0.05, 0.1) is 0 Å². The summed E-state index contributed by atoms with van der Waals surface area (Å²) in [6.45, 7) is 5.84. The molecule has 0 aliphatic carbocycles. The highest BCUT2D eigenvalue weighted by Gasteiger charge is 2.34. The average Bonchev–Trinajstić information content (AvgIpc) is 2.37. The van der Waals surface area contributed by atoms with Crippen LogP contribution in [0, 0.1) is 0 Å². The normalized spacial score (nSPS) is 15.9. The Bertz CT molecular complexity index is 377. The second-order valence-corrected chi connectivity index (χ2v) is 4.90. The third kappa shape index (κ3) is 3.57. The van der Waals surface area contributed by atoms with E-state index in [4.69, 9.17) is 0 Å². The van der Waals surface area contributed by atoms with Gasteiger partial charge in [0, 0.05) is 6.04 Å². The number of hydrogen-bond donors (Lipinski definition) is 2. The maximum Gasteiger partial charge on any atom is 0.323 e. The molecule has 0 aromatic heterocycles. The Morgan fingerprint density at radius 1 is 1.33 bits per heavy atom. The number of rotatable bonds is 7. The summed E-state index contributed by atoms with van der Waals surface area (Å²) in [7, 11) is 0. The highest BCUT2D eigenvalue weighted by Crippen LogP contribution is 2.23. The van der Waals surface area contributed by atoms with E-state index in [0.29, 0.717) is 6.42 Å². The molecule has 2 N–H and O–H groups in total. The van der Waals surface area contributed by atoms with Gasteiger partial charge in [0.1, 0.15) is 5.54 Å². The largest absolute Gasteiger partial charge is 0.480 e. The summed E-state index contributed by atoms with van der Waals surface area (Å²) in [4.78, 5) is 11.4. The van der Waals surface area contributed by atoms with Gasteiger partial charge in [0.25, 0.3) is 0 Å². The summed E-state index contributed by atoms with van der Waals surface area (Å²) >= 11 is 0. The lowest BCUT2D eigenvalue weighted by molar-refractivity contribution is -0.144. The molecule has 0 saturated heterocycles. The van der Waals surface area contributed by atoms with Gasteiger partial charge in [0.2, 0.25) is 0 Å². The van der Waals surface area contributed by atoms with Crippen LogP contribution in [-0.4, -0.2) is 16.6 Å². The third-order valence-corrected chi connectivity index (χ3v) is 3.33. The van der Waals surface area contributed by atoms with Gasteiger partial charge in [0.15, 0.2) is 0 Å². The van der Waals surface area contributed by atoms with Crippen molar-refractivity contribution in [2.75, 3.05) is 0 Å². The first kappa shape index (κ1) is 14.7. The zero-order valence-corrected chi connectivity index (χ0v) is 11.4. The number of carboxylic acid groups (broad SMARTS) is 1. The molecular formula is C15H23NO2. The molecule has 2 unspecified atom stereocenters. The minimum absolute atomic E-state index is 0.0823. The average molecular weight is 249 g/mol. The van der Waals surface area contributed by atoms with Crippen molar-refractivity contribution in [3.05, 3.63) is 35.9 Å². The minimum atomic E-state index is -0.856. The van der Waals surface area contributed by atoms with E-state index in [1.165, 1.54) is 0 Å². The van der Waals surface area contributed by atoms with Gasteiger partial charge in [-0.25, -0.2) is 0 Å². The fraction of sp³-hybridized carbons (Fsp3) is 0.533. The van der Waals surface area contributed by atoms with Crippen molar-refractivity contribution in [3.8, 4) is 0 Å².